The highest BCUT2D eigenvalue weighted by Crippen LogP contribution is 2.34. The number of carbonyl (C=O) groups is 1. The van der Waals surface area contributed by atoms with Gasteiger partial charge < -0.3 is 31.6 Å². The molecule has 1 fully saturated rings. The summed E-state index contributed by atoms with van der Waals surface area (Å²) >= 11 is 0. The van der Waals surface area contributed by atoms with Crippen molar-refractivity contribution in [3.8, 4) is 17.0 Å². The second-order valence-corrected chi connectivity index (χ2v) is 7.84. The van der Waals surface area contributed by atoms with Crippen molar-refractivity contribution in [1.82, 2.24) is 15.5 Å². The van der Waals surface area contributed by atoms with Crippen molar-refractivity contribution in [2.24, 2.45) is 5.73 Å². The predicted molar refractivity (Wildman–Crippen MR) is 128 cm³/mol. The third-order valence-corrected chi connectivity index (χ3v) is 5.43. The topological polar surface area (TPSA) is 140 Å². The Kier molecular flexibility index (Phi) is 6.98. The molecule has 1 saturated heterocycles. The van der Waals surface area contributed by atoms with Crippen molar-refractivity contribution in [1.29, 1.82) is 0 Å². The molecule has 1 aliphatic heterocycles. The first-order valence-corrected chi connectivity index (χ1v) is 10.9. The lowest BCUT2D eigenvalue weighted by Crippen LogP contribution is -2.29. The first-order valence-electron chi connectivity index (χ1n) is 10.9. The first kappa shape index (κ1) is 23.1. The zero-order chi connectivity index (χ0) is 24.1. The Labute approximate surface area is 196 Å². The minimum Gasteiger partial charge on any atom is -0.484 e. The summed E-state index contributed by atoms with van der Waals surface area (Å²) in [6.45, 7) is 4.22. The zero-order valence-corrected chi connectivity index (χ0v) is 18.7. The highest BCUT2D eigenvalue weighted by Gasteiger charge is 2.21. The number of rotatable bonds is 8. The zero-order valence-electron chi connectivity index (χ0n) is 18.7. The van der Waals surface area contributed by atoms with Crippen LogP contribution < -0.4 is 26.8 Å². The molecule has 1 amide bonds. The van der Waals surface area contributed by atoms with Crippen LogP contribution in [0.25, 0.3) is 11.3 Å². The van der Waals surface area contributed by atoms with Crippen LogP contribution in [0, 0.1) is 5.82 Å². The van der Waals surface area contributed by atoms with Crippen molar-refractivity contribution < 1.29 is 18.7 Å². The fourth-order valence-corrected chi connectivity index (χ4v) is 3.62. The first-order chi connectivity index (χ1) is 16.4. The Morgan fingerprint density at radius 2 is 2.12 bits per heavy atom. The van der Waals surface area contributed by atoms with Crippen molar-refractivity contribution >= 4 is 17.4 Å². The number of morpholine rings is 1. The van der Waals surface area contributed by atoms with Crippen LogP contribution in [0.1, 0.15) is 28.9 Å². The van der Waals surface area contributed by atoms with Crippen LogP contribution >= 0.6 is 0 Å². The summed E-state index contributed by atoms with van der Waals surface area (Å²) in [5, 5.41) is 13.5. The number of nitrogen functional groups attached to an aromatic ring is 1. The average molecular weight is 467 g/mol. The van der Waals surface area contributed by atoms with Crippen LogP contribution in [-0.2, 0) is 4.74 Å². The molecule has 7 N–H and O–H groups in total. The van der Waals surface area contributed by atoms with Gasteiger partial charge in [0.15, 0.2) is 5.82 Å². The molecule has 1 aliphatic rings. The van der Waals surface area contributed by atoms with E-state index in [0.29, 0.717) is 48.3 Å². The molecular formula is C24H27FN6O3. The minimum absolute atomic E-state index is 0.230. The second-order valence-electron chi connectivity index (χ2n) is 7.84. The van der Waals surface area contributed by atoms with Crippen LogP contribution in [-0.4, -0.2) is 42.4 Å². The Balaban J connectivity index is 1.55. The van der Waals surface area contributed by atoms with E-state index < -0.39 is 5.91 Å². The van der Waals surface area contributed by atoms with Gasteiger partial charge in [0.25, 0.3) is 5.91 Å². The maximum absolute atomic E-state index is 13.2. The van der Waals surface area contributed by atoms with Gasteiger partial charge in [0.1, 0.15) is 23.2 Å². The maximum Gasteiger partial charge on any atom is 0.254 e. The Morgan fingerprint density at radius 3 is 2.82 bits per heavy atom. The number of carbonyl (C=O) groups excluding carboxylic acids is 1. The Bertz CT molecular complexity index is 1180. The lowest BCUT2D eigenvalue weighted by atomic mass is 10.1. The third-order valence-electron chi connectivity index (χ3n) is 5.43. The number of aromatic nitrogens is 2. The third kappa shape index (κ3) is 5.29. The van der Waals surface area contributed by atoms with Gasteiger partial charge >= 0.3 is 0 Å². The van der Waals surface area contributed by atoms with Crippen LogP contribution in [0.3, 0.4) is 0 Å². The van der Waals surface area contributed by atoms with Gasteiger partial charge in [0.2, 0.25) is 0 Å². The van der Waals surface area contributed by atoms with Gasteiger partial charge in [-0.15, -0.1) is 0 Å². The molecule has 10 heteroatoms. The van der Waals surface area contributed by atoms with Gasteiger partial charge in [-0.25, -0.2) is 4.39 Å². The van der Waals surface area contributed by atoms with E-state index in [4.69, 9.17) is 20.9 Å². The number of nitrogens with two attached hydrogens (primary N) is 2. The number of primary amides is 1. The van der Waals surface area contributed by atoms with Crippen LogP contribution in [0.2, 0.25) is 0 Å². The molecule has 1 atom stereocenters. The number of H-pyrrole nitrogens is 1. The van der Waals surface area contributed by atoms with E-state index in [0.717, 1.165) is 17.8 Å². The number of hydrogen-bond acceptors (Lipinski definition) is 7. The van der Waals surface area contributed by atoms with Gasteiger partial charge in [0, 0.05) is 24.4 Å². The molecule has 0 bridgehead atoms. The molecule has 0 unspecified atom stereocenters. The SMILES string of the molecule is C[C@H](Oc1cc(-c2[nH]nc(NC/C=C3/COCCN3)c2C(N)=O)ccc1N)c1ccc(F)cc1. The second kappa shape index (κ2) is 10.3. The molecule has 178 valence electrons. The normalized spacial score (nSPS) is 15.5. The highest BCUT2D eigenvalue weighted by atomic mass is 19.1. The molecule has 0 radical (unpaired) electrons. The van der Waals surface area contributed by atoms with Crippen LogP contribution in [0.15, 0.2) is 54.2 Å². The van der Waals surface area contributed by atoms with Crippen molar-refractivity contribution in [3.63, 3.8) is 0 Å². The molecule has 34 heavy (non-hydrogen) atoms. The van der Waals surface area contributed by atoms with E-state index in [1.807, 2.05) is 13.0 Å². The molecular weight excluding hydrogens is 439 g/mol. The lowest BCUT2D eigenvalue weighted by molar-refractivity contribution is 0.100. The number of aromatic amines is 1. The molecule has 3 aromatic rings. The maximum atomic E-state index is 13.2. The highest BCUT2D eigenvalue weighted by molar-refractivity contribution is 6.03. The van der Waals surface area contributed by atoms with E-state index in [1.54, 1.807) is 30.3 Å². The minimum atomic E-state index is -0.628. The van der Waals surface area contributed by atoms with Crippen molar-refractivity contribution in [2.45, 2.75) is 13.0 Å². The molecule has 0 saturated carbocycles. The number of nitrogens with one attached hydrogen (secondary N) is 3. The number of amides is 1. The summed E-state index contributed by atoms with van der Waals surface area (Å²) in [6.07, 6.45) is 1.56. The number of anilines is 2. The molecule has 1 aromatic heterocycles. The smallest absolute Gasteiger partial charge is 0.254 e. The quantitative estimate of drug-likeness (QED) is 0.322. The van der Waals surface area contributed by atoms with E-state index in [2.05, 4.69) is 20.8 Å². The summed E-state index contributed by atoms with van der Waals surface area (Å²) in [4.78, 5) is 12.3. The van der Waals surface area contributed by atoms with Crippen LogP contribution in [0.5, 0.6) is 5.75 Å². The standard InChI is InChI=1S/C24H27FN6O3/c1-14(15-2-5-17(25)6-3-15)34-20-12-16(4-7-19(20)26)22-21(23(27)32)24(31-30-22)29-9-8-18-13-33-11-10-28-18/h2-8,12,14,28H,9-11,13,26H2,1H3,(H2,27,32)(H2,29,30,31)/b18-8-/t14-/m0/s1. The molecule has 9 nitrogen and oxygen atoms in total. The number of ether oxygens (including phenoxy) is 2. The molecule has 0 aliphatic carbocycles. The largest absolute Gasteiger partial charge is 0.484 e. The summed E-state index contributed by atoms with van der Waals surface area (Å²) in [7, 11) is 0. The molecule has 2 heterocycles. The van der Waals surface area contributed by atoms with Gasteiger partial charge in [-0.05, 0) is 42.8 Å². The summed E-state index contributed by atoms with van der Waals surface area (Å²) in [5.41, 5.74) is 15.3. The van der Waals surface area contributed by atoms with E-state index >= 15 is 0 Å². The van der Waals surface area contributed by atoms with E-state index in [9.17, 15) is 9.18 Å². The Morgan fingerprint density at radius 1 is 1.32 bits per heavy atom. The molecule has 0 spiro atoms. The van der Waals surface area contributed by atoms with Gasteiger partial charge in [-0.1, -0.05) is 18.2 Å². The summed E-state index contributed by atoms with van der Waals surface area (Å²) in [5.74, 6) is -0.186. The average Bonchev–Trinajstić information content (AvgIpc) is 3.26. The predicted octanol–water partition coefficient (Wildman–Crippen LogP) is 2.95. The summed E-state index contributed by atoms with van der Waals surface area (Å²) < 4.78 is 24.7. The van der Waals surface area contributed by atoms with Gasteiger partial charge in [0.05, 0.1) is 24.6 Å². The fraction of sp³-hybridized carbons (Fsp3) is 0.250. The molecule has 2 aromatic carbocycles. The number of hydrogen-bond donors (Lipinski definition) is 5. The summed E-state index contributed by atoms with van der Waals surface area (Å²) in [6, 6.07) is 11.2. The Hall–Kier alpha value is -4.05. The van der Waals surface area contributed by atoms with E-state index in [1.165, 1.54) is 12.1 Å². The van der Waals surface area contributed by atoms with Gasteiger partial charge in [-0.3, -0.25) is 9.89 Å². The fourth-order valence-electron chi connectivity index (χ4n) is 3.62. The van der Waals surface area contributed by atoms with Crippen LogP contribution in [0.4, 0.5) is 15.9 Å². The lowest BCUT2D eigenvalue weighted by Gasteiger charge is -2.17. The number of halogens is 1. The number of nitrogens with zero attached hydrogens (tertiary/aromatic N) is 1. The molecule has 4 rings (SSSR count). The number of benzene rings is 2. The van der Waals surface area contributed by atoms with E-state index in [-0.39, 0.29) is 17.5 Å². The van der Waals surface area contributed by atoms with Gasteiger partial charge in [-0.2, -0.15) is 5.10 Å². The van der Waals surface area contributed by atoms with Crippen molar-refractivity contribution in [2.75, 3.05) is 37.4 Å². The van der Waals surface area contributed by atoms with Crippen molar-refractivity contribution in [3.05, 3.63) is 71.2 Å². The monoisotopic (exact) mass is 466 g/mol.